The van der Waals surface area contributed by atoms with Gasteiger partial charge < -0.3 is 9.30 Å². The first-order valence-corrected chi connectivity index (χ1v) is 9.19. The van der Waals surface area contributed by atoms with Gasteiger partial charge in [-0.1, -0.05) is 29.8 Å². The van der Waals surface area contributed by atoms with Crippen molar-refractivity contribution in [1.29, 1.82) is 0 Å². The average Bonchev–Trinajstić information content (AvgIpc) is 2.92. The van der Waals surface area contributed by atoms with Crippen molar-refractivity contribution >= 4 is 32.7 Å². The number of hydrogen-bond acceptors (Lipinski definition) is 3. The molecule has 0 fully saturated rings. The molecule has 4 nitrogen and oxygen atoms in total. The summed E-state index contributed by atoms with van der Waals surface area (Å²) in [6, 6.07) is 10.4. The minimum Gasteiger partial charge on any atom is -0.494 e. The van der Waals surface area contributed by atoms with E-state index in [2.05, 4.69) is 20.9 Å². The summed E-state index contributed by atoms with van der Waals surface area (Å²) in [6.45, 7) is 4.26. The number of halogens is 2. The Hall–Kier alpha value is -2.21. The van der Waals surface area contributed by atoms with Gasteiger partial charge in [0.1, 0.15) is 5.82 Å². The van der Waals surface area contributed by atoms with E-state index in [1.807, 2.05) is 36.6 Å². The third kappa shape index (κ3) is 3.80. The molecule has 136 valence electrons. The van der Waals surface area contributed by atoms with Gasteiger partial charge in [-0.15, -0.1) is 0 Å². The van der Waals surface area contributed by atoms with Crippen molar-refractivity contribution in [2.75, 3.05) is 7.11 Å². The van der Waals surface area contributed by atoms with Crippen LogP contribution < -0.4 is 4.74 Å². The standard InChI is InChI=1S/C20H20BrFN2O2/c1-12(2)8-15(25)11-24-18-10-14(21)5-7-17(18)23-20(24)13-4-6-16(22)19(9-13)26-3/h4-7,9-10,12H,8,11H2,1-3H3. The molecular formula is C20H20BrFN2O2. The van der Waals surface area contributed by atoms with Crippen LogP contribution in [0.3, 0.4) is 0 Å². The number of carbonyl (C=O) groups excluding carboxylic acids is 1. The summed E-state index contributed by atoms with van der Waals surface area (Å²) >= 11 is 3.48. The number of carbonyl (C=O) groups is 1. The number of fused-ring (bicyclic) bond motifs is 1. The van der Waals surface area contributed by atoms with E-state index in [-0.39, 0.29) is 18.1 Å². The topological polar surface area (TPSA) is 44.1 Å². The highest BCUT2D eigenvalue weighted by atomic mass is 79.9. The van der Waals surface area contributed by atoms with Gasteiger partial charge in [-0.3, -0.25) is 4.79 Å². The maximum absolute atomic E-state index is 13.8. The molecule has 0 bridgehead atoms. The largest absolute Gasteiger partial charge is 0.494 e. The molecule has 0 aliphatic heterocycles. The SMILES string of the molecule is COc1cc(-c2nc3ccc(Br)cc3n2CC(=O)CC(C)C)ccc1F. The van der Waals surface area contributed by atoms with Crippen molar-refractivity contribution in [3.63, 3.8) is 0 Å². The van der Waals surface area contributed by atoms with Crippen molar-refractivity contribution in [2.24, 2.45) is 5.92 Å². The van der Waals surface area contributed by atoms with Crippen LogP contribution in [0, 0.1) is 11.7 Å². The van der Waals surface area contributed by atoms with E-state index in [9.17, 15) is 9.18 Å². The van der Waals surface area contributed by atoms with Gasteiger partial charge in [-0.2, -0.15) is 0 Å². The molecule has 0 amide bonds. The Morgan fingerprint density at radius 2 is 2.04 bits per heavy atom. The lowest BCUT2D eigenvalue weighted by Crippen LogP contribution is -2.13. The lowest BCUT2D eigenvalue weighted by atomic mass is 10.1. The summed E-state index contributed by atoms with van der Waals surface area (Å²) in [6.07, 6.45) is 0.500. The zero-order valence-corrected chi connectivity index (χ0v) is 16.5. The number of ketones is 1. The third-order valence-corrected chi connectivity index (χ3v) is 4.58. The number of hydrogen-bond donors (Lipinski definition) is 0. The van der Waals surface area contributed by atoms with Crippen molar-refractivity contribution in [3.8, 4) is 17.1 Å². The first-order chi connectivity index (χ1) is 12.4. The zero-order chi connectivity index (χ0) is 18.8. The molecule has 0 saturated heterocycles. The molecule has 26 heavy (non-hydrogen) atoms. The highest BCUT2D eigenvalue weighted by Crippen LogP contribution is 2.30. The molecule has 0 N–H and O–H groups in total. The van der Waals surface area contributed by atoms with Crippen LogP contribution >= 0.6 is 15.9 Å². The third-order valence-electron chi connectivity index (χ3n) is 4.09. The van der Waals surface area contributed by atoms with Crippen LogP contribution in [0.4, 0.5) is 4.39 Å². The molecule has 0 atom stereocenters. The number of aromatic nitrogens is 2. The molecule has 0 spiro atoms. The summed E-state index contributed by atoms with van der Waals surface area (Å²) in [5, 5.41) is 0. The van der Waals surface area contributed by atoms with Crippen molar-refractivity contribution in [3.05, 3.63) is 46.7 Å². The second-order valence-corrected chi connectivity index (χ2v) is 7.56. The Morgan fingerprint density at radius 3 is 2.73 bits per heavy atom. The van der Waals surface area contributed by atoms with Crippen molar-refractivity contribution in [1.82, 2.24) is 9.55 Å². The highest BCUT2D eigenvalue weighted by molar-refractivity contribution is 9.10. The second-order valence-electron chi connectivity index (χ2n) is 6.64. The Bertz CT molecular complexity index is 966. The fraction of sp³-hybridized carbons (Fsp3) is 0.300. The van der Waals surface area contributed by atoms with E-state index < -0.39 is 5.82 Å². The van der Waals surface area contributed by atoms with Gasteiger partial charge in [-0.05, 0) is 42.3 Å². The molecule has 1 aromatic heterocycles. The molecule has 1 heterocycles. The Labute approximate surface area is 160 Å². The van der Waals surface area contributed by atoms with Crippen LogP contribution in [-0.4, -0.2) is 22.4 Å². The molecule has 0 aliphatic rings. The van der Waals surface area contributed by atoms with Gasteiger partial charge in [0.2, 0.25) is 0 Å². The first-order valence-electron chi connectivity index (χ1n) is 8.40. The molecular weight excluding hydrogens is 399 g/mol. The second kappa shape index (κ2) is 7.58. The van der Waals surface area contributed by atoms with Gasteiger partial charge in [0, 0.05) is 16.5 Å². The van der Waals surface area contributed by atoms with Crippen LogP contribution in [0.15, 0.2) is 40.9 Å². The van der Waals surface area contributed by atoms with E-state index in [1.165, 1.54) is 13.2 Å². The summed E-state index contributed by atoms with van der Waals surface area (Å²) in [4.78, 5) is 17.1. The van der Waals surface area contributed by atoms with Crippen LogP contribution in [0.1, 0.15) is 20.3 Å². The predicted octanol–water partition coefficient (Wildman–Crippen LogP) is 5.23. The summed E-state index contributed by atoms with van der Waals surface area (Å²) in [5.41, 5.74) is 2.34. The number of nitrogens with zero attached hydrogens (tertiary/aromatic N) is 2. The van der Waals surface area contributed by atoms with Gasteiger partial charge in [-0.25, -0.2) is 9.37 Å². The number of benzene rings is 2. The van der Waals surface area contributed by atoms with Crippen molar-refractivity contribution in [2.45, 2.75) is 26.8 Å². The van der Waals surface area contributed by atoms with Gasteiger partial charge in [0.15, 0.2) is 17.3 Å². The number of Topliss-reactive ketones (excluding diaryl/α,β-unsaturated/α-hetero) is 1. The van der Waals surface area contributed by atoms with Crippen molar-refractivity contribution < 1.29 is 13.9 Å². The summed E-state index contributed by atoms with van der Waals surface area (Å²) in [5.74, 6) is 0.759. The fourth-order valence-corrected chi connectivity index (χ4v) is 3.32. The van der Waals surface area contributed by atoms with E-state index in [0.29, 0.717) is 23.7 Å². The number of ether oxygens (including phenoxy) is 1. The van der Waals surface area contributed by atoms with Crippen LogP contribution in [0.25, 0.3) is 22.4 Å². The van der Waals surface area contributed by atoms with Crippen LogP contribution in [0.2, 0.25) is 0 Å². The maximum atomic E-state index is 13.8. The fourth-order valence-electron chi connectivity index (χ4n) is 2.97. The van der Waals surface area contributed by atoms with Gasteiger partial charge in [0.05, 0.1) is 24.7 Å². The quantitative estimate of drug-likeness (QED) is 0.550. The van der Waals surface area contributed by atoms with Crippen LogP contribution in [0.5, 0.6) is 5.75 Å². The number of methoxy groups -OCH3 is 1. The average molecular weight is 419 g/mol. The molecule has 0 saturated carbocycles. The van der Waals surface area contributed by atoms with Gasteiger partial charge >= 0.3 is 0 Å². The minimum absolute atomic E-state index is 0.134. The van der Waals surface area contributed by atoms with E-state index >= 15 is 0 Å². The summed E-state index contributed by atoms with van der Waals surface area (Å²) < 4.78 is 21.7. The smallest absolute Gasteiger partial charge is 0.165 e. The van der Waals surface area contributed by atoms with Gasteiger partial charge in [0.25, 0.3) is 0 Å². The molecule has 6 heteroatoms. The molecule has 0 unspecified atom stereocenters. The predicted molar refractivity (Wildman–Crippen MR) is 104 cm³/mol. The Morgan fingerprint density at radius 1 is 1.27 bits per heavy atom. The van der Waals surface area contributed by atoms with E-state index in [1.54, 1.807) is 12.1 Å². The lowest BCUT2D eigenvalue weighted by Gasteiger charge is -2.11. The summed E-state index contributed by atoms with van der Waals surface area (Å²) in [7, 11) is 1.43. The normalized spacial score (nSPS) is 11.3. The molecule has 0 aliphatic carbocycles. The van der Waals surface area contributed by atoms with E-state index in [0.717, 1.165) is 15.5 Å². The Kier molecular flexibility index (Phi) is 5.41. The highest BCUT2D eigenvalue weighted by Gasteiger charge is 2.17. The Balaban J connectivity index is 2.15. The molecule has 2 aromatic carbocycles. The first kappa shape index (κ1) is 18.6. The number of imidazole rings is 1. The van der Waals surface area contributed by atoms with E-state index in [4.69, 9.17) is 4.74 Å². The maximum Gasteiger partial charge on any atom is 0.165 e. The van der Waals surface area contributed by atoms with Crippen LogP contribution in [-0.2, 0) is 11.3 Å². The lowest BCUT2D eigenvalue weighted by molar-refractivity contribution is -0.120. The zero-order valence-electron chi connectivity index (χ0n) is 14.9. The molecule has 0 radical (unpaired) electrons. The monoisotopic (exact) mass is 418 g/mol. The minimum atomic E-state index is -0.433. The molecule has 3 aromatic rings. The molecule has 3 rings (SSSR count). The number of rotatable bonds is 6.